The Labute approximate surface area is 138 Å². The third kappa shape index (κ3) is 3.01. The molecule has 0 saturated carbocycles. The quantitative estimate of drug-likeness (QED) is 0.589. The second-order valence-corrected chi connectivity index (χ2v) is 5.31. The molecule has 5 nitrogen and oxygen atoms in total. The van der Waals surface area contributed by atoms with Crippen LogP contribution < -0.4 is 5.63 Å². The van der Waals surface area contributed by atoms with E-state index in [0.717, 1.165) is 0 Å². The number of para-hydroxylation sites is 1. The maximum atomic E-state index is 12.2. The molecule has 3 rings (SSSR count). The Morgan fingerprint density at radius 2 is 1.96 bits per heavy atom. The van der Waals surface area contributed by atoms with Crippen molar-refractivity contribution in [2.75, 3.05) is 6.61 Å². The van der Waals surface area contributed by atoms with Crippen LogP contribution in [-0.2, 0) is 11.2 Å². The fraction of sp³-hybridized carbons (Fsp3) is 0.158. The minimum absolute atomic E-state index is 0.0941. The summed E-state index contributed by atoms with van der Waals surface area (Å²) in [6.07, 6.45) is 0.159. The summed E-state index contributed by atoms with van der Waals surface area (Å²) in [6, 6.07) is 13.6. The molecule has 2 aromatic carbocycles. The van der Waals surface area contributed by atoms with Gasteiger partial charge in [-0.05, 0) is 36.8 Å². The van der Waals surface area contributed by atoms with E-state index < -0.39 is 11.6 Å². The maximum Gasteiger partial charge on any atom is 0.343 e. The summed E-state index contributed by atoms with van der Waals surface area (Å²) in [7, 11) is 0. The standard InChI is InChI=1S/C19H16O5/c1-2-23-18(21)13-7-5-6-12(10-13)11-15-17(20)14-8-3-4-9-16(14)24-19(15)22/h3-10,20H,2,11H2,1H3. The van der Waals surface area contributed by atoms with Gasteiger partial charge in [-0.1, -0.05) is 24.3 Å². The van der Waals surface area contributed by atoms with E-state index in [1.165, 1.54) is 0 Å². The molecule has 1 aromatic heterocycles. The van der Waals surface area contributed by atoms with Crippen LogP contribution >= 0.6 is 0 Å². The van der Waals surface area contributed by atoms with Crippen LogP contribution in [0.5, 0.6) is 5.75 Å². The molecule has 0 spiro atoms. The van der Waals surface area contributed by atoms with Crippen molar-refractivity contribution < 1.29 is 19.1 Å². The first-order valence-electron chi connectivity index (χ1n) is 7.60. The van der Waals surface area contributed by atoms with Crippen molar-refractivity contribution in [3.8, 4) is 5.75 Å². The van der Waals surface area contributed by atoms with E-state index >= 15 is 0 Å². The molecule has 0 saturated heterocycles. The SMILES string of the molecule is CCOC(=O)c1cccc(Cc2c(O)c3ccccc3oc2=O)c1. The second-order valence-electron chi connectivity index (χ2n) is 5.31. The molecule has 0 unspecified atom stereocenters. The van der Waals surface area contributed by atoms with Gasteiger partial charge in [-0.25, -0.2) is 9.59 Å². The van der Waals surface area contributed by atoms with Gasteiger partial charge in [-0.15, -0.1) is 0 Å². The first kappa shape index (κ1) is 15.8. The lowest BCUT2D eigenvalue weighted by atomic mass is 10.0. The van der Waals surface area contributed by atoms with Gasteiger partial charge in [0.15, 0.2) is 0 Å². The molecule has 0 bridgehead atoms. The van der Waals surface area contributed by atoms with Crippen molar-refractivity contribution in [3.63, 3.8) is 0 Å². The minimum Gasteiger partial charge on any atom is -0.507 e. The topological polar surface area (TPSA) is 76.7 Å². The summed E-state index contributed by atoms with van der Waals surface area (Å²) in [5.74, 6) is -0.516. The monoisotopic (exact) mass is 324 g/mol. The van der Waals surface area contributed by atoms with Gasteiger partial charge in [0.2, 0.25) is 0 Å². The zero-order valence-corrected chi connectivity index (χ0v) is 13.1. The average Bonchev–Trinajstić information content (AvgIpc) is 2.59. The van der Waals surface area contributed by atoms with Gasteiger partial charge < -0.3 is 14.3 Å². The van der Waals surface area contributed by atoms with E-state index in [0.29, 0.717) is 22.1 Å². The van der Waals surface area contributed by atoms with Crippen molar-refractivity contribution in [1.29, 1.82) is 0 Å². The van der Waals surface area contributed by atoms with Crippen molar-refractivity contribution in [3.05, 3.63) is 75.6 Å². The van der Waals surface area contributed by atoms with Crippen molar-refractivity contribution >= 4 is 16.9 Å². The highest BCUT2D eigenvalue weighted by atomic mass is 16.5. The third-order valence-corrected chi connectivity index (χ3v) is 3.70. The van der Waals surface area contributed by atoms with Gasteiger partial charge >= 0.3 is 11.6 Å². The molecule has 1 N–H and O–H groups in total. The number of carbonyl (C=O) groups excluding carboxylic acids is 1. The molecule has 0 aliphatic rings. The van der Waals surface area contributed by atoms with E-state index in [4.69, 9.17) is 9.15 Å². The number of rotatable bonds is 4. The molecule has 5 heteroatoms. The predicted octanol–water partition coefficient (Wildman–Crippen LogP) is 3.27. The van der Waals surface area contributed by atoms with Crippen LogP contribution in [0.25, 0.3) is 11.0 Å². The minimum atomic E-state index is -0.590. The molecule has 0 atom stereocenters. The van der Waals surface area contributed by atoms with Crippen LogP contribution in [0, 0.1) is 0 Å². The lowest BCUT2D eigenvalue weighted by molar-refractivity contribution is 0.0526. The number of hydrogen-bond acceptors (Lipinski definition) is 5. The van der Waals surface area contributed by atoms with Crippen LogP contribution in [-0.4, -0.2) is 17.7 Å². The number of ether oxygens (including phenoxy) is 1. The summed E-state index contributed by atoms with van der Waals surface area (Å²) < 4.78 is 10.2. The number of aromatic hydroxyl groups is 1. The summed E-state index contributed by atoms with van der Waals surface area (Å²) in [4.78, 5) is 24.0. The molecule has 24 heavy (non-hydrogen) atoms. The third-order valence-electron chi connectivity index (χ3n) is 3.70. The number of esters is 1. The highest BCUT2D eigenvalue weighted by Gasteiger charge is 2.15. The van der Waals surface area contributed by atoms with Gasteiger partial charge in [0.25, 0.3) is 0 Å². The molecule has 0 radical (unpaired) electrons. The molecule has 3 aromatic rings. The van der Waals surface area contributed by atoms with Crippen LogP contribution in [0.1, 0.15) is 28.4 Å². The van der Waals surface area contributed by atoms with E-state index in [-0.39, 0.29) is 24.3 Å². The zero-order chi connectivity index (χ0) is 17.1. The fourth-order valence-electron chi connectivity index (χ4n) is 2.55. The Bertz CT molecular complexity index is 955. The van der Waals surface area contributed by atoms with E-state index in [1.54, 1.807) is 55.5 Å². The Morgan fingerprint density at radius 3 is 2.75 bits per heavy atom. The summed E-state index contributed by atoms with van der Waals surface area (Å²) in [5.41, 5.74) is 1.02. The van der Waals surface area contributed by atoms with E-state index in [1.807, 2.05) is 0 Å². The number of fused-ring (bicyclic) bond motifs is 1. The Morgan fingerprint density at radius 1 is 1.17 bits per heavy atom. The van der Waals surface area contributed by atoms with Crippen LogP contribution in [0.3, 0.4) is 0 Å². The largest absolute Gasteiger partial charge is 0.507 e. The number of hydrogen-bond donors (Lipinski definition) is 1. The van der Waals surface area contributed by atoms with Gasteiger partial charge in [0.05, 0.1) is 23.1 Å². The van der Waals surface area contributed by atoms with Gasteiger partial charge in [0.1, 0.15) is 11.3 Å². The van der Waals surface area contributed by atoms with Gasteiger partial charge in [0, 0.05) is 6.42 Å². The zero-order valence-electron chi connectivity index (χ0n) is 13.1. The van der Waals surface area contributed by atoms with Crippen molar-refractivity contribution in [2.24, 2.45) is 0 Å². The van der Waals surface area contributed by atoms with Crippen molar-refractivity contribution in [2.45, 2.75) is 13.3 Å². The predicted molar refractivity (Wildman–Crippen MR) is 89.4 cm³/mol. The summed E-state index contributed by atoms with van der Waals surface area (Å²) in [5, 5.41) is 10.9. The highest BCUT2D eigenvalue weighted by molar-refractivity contribution is 5.89. The lowest BCUT2D eigenvalue weighted by Gasteiger charge is -2.08. The highest BCUT2D eigenvalue weighted by Crippen LogP contribution is 2.27. The molecular formula is C19H16O5. The molecular weight excluding hydrogens is 308 g/mol. The van der Waals surface area contributed by atoms with E-state index in [2.05, 4.69) is 0 Å². The first-order chi connectivity index (χ1) is 11.6. The molecule has 0 aliphatic carbocycles. The Hall–Kier alpha value is -3.08. The molecule has 0 amide bonds. The number of benzene rings is 2. The molecule has 0 aliphatic heterocycles. The Kier molecular flexibility index (Phi) is 4.33. The molecule has 122 valence electrons. The maximum absolute atomic E-state index is 12.2. The van der Waals surface area contributed by atoms with Crippen molar-refractivity contribution in [1.82, 2.24) is 0 Å². The van der Waals surface area contributed by atoms with Crippen LogP contribution in [0.4, 0.5) is 0 Å². The summed E-state index contributed by atoms with van der Waals surface area (Å²) in [6.45, 7) is 2.03. The van der Waals surface area contributed by atoms with Gasteiger partial charge in [-0.3, -0.25) is 0 Å². The van der Waals surface area contributed by atoms with E-state index in [9.17, 15) is 14.7 Å². The normalized spacial score (nSPS) is 10.7. The van der Waals surface area contributed by atoms with Gasteiger partial charge in [-0.2, -0.15) is 0 Å². The molecule has 0 fully saturated rings. The molecule has 1 heterocycles. The number of carbonyl (C=O) groups is 1. The second kappa shape index (κ2) is 6.58. The fourth-order valence-corrected chi connectivity index (χ4v) is 2.55. The van der Waals surface area contributed by atoms with Crippen LogP contribution in [0.2, 0.25) is 0 Å². The summed E-state index contributed by atoms with van der Waals surface area (Å²) >= 11 is 0. The lowest BCUT2D eigenvalue weighted by Crippen LogP contribution is -2.09. The average molecular weight is 324 g/mol. The smallest absolute Gasteiger partial charge is 0.343 e. The Balaban J connectivity index is 2.00. The van der Waals surface area contributed by atoms with Crippen LogP contribution in [0.15, 0.2) is 57.7 Å². The first-order valence-corrected chi connectivity index (χ1v) is 7.60.